The van der Waals surface area contributed by atoms with E-state index in [1.54, 1.807) is 18.2 Å². The van der Waals surface area contributed by atoms with Crippen LogP contribution < -0.4 is 10.1 Å². The largest absolute Gasteiger partial charge is 0.496 e. The van der Waals surface area contributed by atoms with Crippen molar-refractivity contribution in [1.82, 2.24) is 0 Å². The number of carbonyl (C=O) groups is 2. The van der Waals surface area contributed by atoms with Gasteiger partial charge in [0.25, 0.3) is 0 Å². The van der Waals surface area contributed by atoms with Crippen molar-refractivity contribution >= 4 is 29.0 Å². The summed E-state index contributed by atoms with van der Waals surface area (Å²) >= 11 is 5.54. The number of benzene rings is 2. The number of ketones is 1. The van der Waals surface area contributed by atoms with Gasteiger partial charge in [-0.15, -0.1) is 0 Å². The van der Waals surface area contributed by atoms with Gasteiger partial charge in [-0.1, -0.05) is 23.2 Å². The molecule has 0 bridgehead atoms. The van der Waals surface area contributed by atoms with Crippen molar-refractivity contribution < 1.29 is 27.5 Å². The molecule has 1 N–H and O–H groups in total. The molecule has 8 heteroatoms. The minimum absolute atomic E-state index is 0.0442. The van der Waals surface area contributed by atoms with Crippen molar-refractivity contribution in [3.05, 3.63) is 58.1 Å². The van der Waals surface area contributed by atoms with Gasteiger partial charge in [-0.25, -0.2) is 0 Å². The van der Waals surface area contributed by atoms with Crippen LogP contribution in [0.25, 0.3) is 0 Å². The normalized spacial score (nSPS) is 11.2. The Morgan fingerprint density at radius 3 is 2.44 bits per heavy atom. The van der Waals surface area contributed by atoms with E-state index in [0.29, 0.717) is 11.3 Å². The van der Waals surface area contributed by atoms with E-state index in [1.807, 2.05) is 6.92 Å². The van der Waals surface area contributed by atoms with Crippen molar-refractivity contribution in [1.29, 1.82) is 0 Å². The van der Waals surface area contributed by atoms with Crippen LogP contribution in [0.2, 0.25) is 5.02 Å². The van der Waals surface area contributed by atoms with Crippen LogP contribution in [-0.4, -0.2) is 18.8 Å². The van der Waals surface area contributed by atoms with Crippen LogP contribution in [0.5, 0.6) is 5.75 Å². The minimum Gasteiger partial charge on any atom is -0.496 e. The van der Waals surface area contributed by atoms with Crippen molar-refractivity contribution in [2.75, 3.05) is 12.4 Å². The first-order chi connectivity index (χ1) is 12.6. The summed E-state index contributed by atoms with van der Waals surface area (Å²) in [6, 6.07) is 8.19. The molecule has 0 aliphatic rings. The highest BCUT2D eigenvalue weighted by molar-refractivity contribution is 6.31. The number of hydrogen-bond acceptors (Lipinski definition) is 3. The second kappa shape index (κ2) is 8.43. The van der Waals surface area contributed by atoms with Crippen LogP contribution in [-0.2, 0) is 11.0 Å². The summed E-state index contributed by atoms with van der Waals surface area (Å²) in [5.41, 5.74) is 0.139. The summed E-state index contributed by atoms with van der Waals surface area (Å²) < 4.78 is 43.7. The number of halogens is 4. The lowest BCUT2D eigenvalue weighted by Gasteiger charge is -2.12. The molecule has 1 amide bonds. The lowest BCUT2D eigenvalue weighted by molar-refractivity contribution is -0.137. The quantitative estimate of drug-likeness (QED) is 0.672. The smallest absolute Gasteiger partial charge is 0.417 e. The molecule has 0 aliphatic heterocycles. The van der Waals surface area contributed by atoms with Crippen LogP contribution in [0.3, 0.4) is 0 Å². The molecular weight excluding hydrogens is 383 g/mol. The standard InChI is InChI=1S/C19H17ClF3NO3/c1-11-3-7-17(27-2)13(9-11)16(25)6-8-18(26)24-12-4-5-15(20)14(10-12)19(21,22)23/h3-5,7,9-10H,6,8H2,1-2H3,(H,24,26). The zero-order valence-corrected chi connectivity index (χ0v) is 15.4. The fourth-order valence-electron chi connectivity index (χ4n) is 2.45. The number of Topliss-reactive ketones (excluding diaryl/α,β-unsaturated/α-hetero) is 1. The van der Waals surface area contributed by atoms with Crippen LogP contribution in [0.1, 0.15) is 34.3 Å². The molecular formula is C19H17ClF3NO3. The van der Waals surface area contributed by atoms with Crippen molar-refractivity contribution in [2.45, 2.75) is 25.9 Å². The second-order valence-corrected chi connectivity index (χ2v) is 6.27. The van der Waals surface area contributed by atoms with Gasteiger partial charge in [-0.2, -0.15) is 13.2 Å². The monoisotopic (exact) mass is 399 g/mol. The van der Waals surface area contributed by atoms with Crippen molar-refractivity contribution in [3.63, 3.8) is 0 Å². The average molecular weight is 400 g/mol. The molecule has 4 nitrogen and oxygen atoms in total. The van der Waals surface area contributed by atoms with Crippen LogP contribution in [0, 0.1) is 6.92 Å². The maximum Gasteiger partial charge on any atom is 0.417 e. The molecule has 0 unspecified atom stereocenters. The van der Waals surface area contributed by atoms with Crippen LogP contribution in [0.15, 0.2) is 36.4 Å². The zero-order chi connectivity index (χ0) is 20.2. The molecule has 0 aliphatic carbocycles. The molecule has 0 aromatic heterocycles. The molecule has 27 heavy (non-hydrogen) atoms. The Morgan fingerprint density at radius 1 is 1.11 bits per heavy atom. The molecule has 2 aromatic rings. The van der Waals surface area contributed by atoms with E-state index >= 15 is 0 Å². The van der Waals surface area contributed by atoms with E-state index in [0.717, 1.165) is 17.7 Å². The molecule has 0 atom stereocenters. The molecule has 0 saturated heterocycles. The molecule has 0 fully saturated rings. The van der Waals surface area contributed by atoms with Gasteiger partial charge in [-0.05, 0) is 37.3 Å². The number of alkyl halides is 3. The Hall–Kier alpha value is -2.54. The number of rotatable bonds is 6. The first-order valence-corrected chi connectivity index (χ1v) is 8.34. The fraction of sp³-hybridized carbons (Fsp3) is 0.263. The zero-order valence-electron chi connectivity index (χ0n) is 14.6. The maximum absolute atomic E-state index is 12.9. The second-order valence-electron chi connectivity index (χ2n) is 5.87. The Morgan fingerprint density at radius 2 is 1.81 bits per heavy atom. The van der Waals surface area contributed by atoms with Gasteiger partial charge in [0, 0.05) is 18.5 Å². The Labute approximate surface area is 159 Å². The predicted molar refractivity (Wildman–Crippen MR) is 96.4 cm³/mol. The van der Waals surface area contributed by atoms with Gasteiger partial charge in [0.1, 0.15) is 5.75 Å². The third-order valence-corrected chi connectivity index (χ3v) is 4.12. The number of aryl methyl sites for hydroxylation is 1. The lowest BCUT2D eigenvalue weighted by Crippen LogP contribution is -2.15. The number of amides is 1. The number of methoxy groups -OCH3 is 1. The summed E-state index contributed by atoms with van der Waals surface area (Å²) in [5, 5.41) is 1.89. The summed E-state index contributed by atoms with van der Waals surface area (Å²) in [6.45, 7) is 1.82. The Balaban J connectivity index is 2.03. The minimum atomic E-state index is -4.63. The highest BCUT2D eigenvalue weighted by atomic mass is 35.5. The summed E-state index contributed by atoms with van der Waals surface area (Å²) in [4.78, 5) is 24.3. The van der Waals surface area contributed by atoms with Crippen molar-refractivity contribution in [3.8, 4) is 5.75 Å². The summed E-state index contributed by atoms with van der Waals surface area (Å²) in [6.07, 6.45) is -4.92. The van der Waals surface area contributed by atoms with Crippen LogP contribution in [0.4, 0.5) is 18.9 Å². The Kier molecular flexibility index (Phi) is 6.49. The highest BCUT2D eigenvalue weighted by Gasteiger charge is 2.33. The van der Waals surface area contributed by atoms with E-state index in [-0.39, 0.29) is 24.3 Å². The SMILES string of the molecule is COc1ccc(C)cc1C(=O)CCC(=O)Nc1ccc(Cl)c(C(F)(F)F)c1. The van der Waals surface area contributed by atoms with Gasteiger partial charge in [-0.3, -0.25) is 9.59 Å². The Bertz CT molecular complexity index is 866. The third kappa shape index (κ3) is 5.47. The number of hydrogen-bond donors (Lipinski definition) is 1. The van der Waals surface area contributed by atoms with Gasteiger partial charge >= 0.3 is 6.18 Å². The van der Waals surface area contributed by atoms with Gasteiger partial charge in [0.05, 0.1) is 23.3 Å². The first kappa shape index (κ1) is 20.8. The number of anilines is 1. The van der Waals surface area contributed by atoms with Gasteiger partial charge < -0.3 is 10.1 Å². The van der Waals surface area contributed by atoms with Gasteiger partial charge in [0.15, 0.2) is 5.78 Å². The molecule has 2 aromatic carbocycles. The number of carbonyl (C=O) groups excluding carboxylic acids is 2. The van der Waals surface area contributed by atoms with Crippen LogP contribution >= 0.6 is 11.6 Å². The molecule has 144 valence electrons. The predicted octanol–water partition coefficient (Wildman–Crippen LogP) is 5.28. The molecule has 0 spiro atoms. The van der Waals surface area contributed by atoms with Gasteiger partial charge in [0.2, 0.25) is 5.91 Å². The lowest BCUT2D eigenvalue weighted by atomic mass is 10.0. The topological polar surface area (TPSA) is 55.4 Å². The van der Waals surface area contributed by atoms with Crippen molar-refractivity contribution in [2.24, 2.45) is 0 Å². The molecule has 0 heterocycles. The fourth-order valence-corrected chi connectivity index (χ4v) is 2.67. The number of ether oxygens (including phenoxy) is 1. The van der Waals surface area contributed by atoms with E-state index in [4.69, 9.17) is 16.3 Å². The van der Waals surface area contributed by atoms with E-state index in [2.05, 4.69) is 5.32 Å². The third-order valence-electron chi connectivity index (χ3n) is 3.79. The van der Waals surface area contributed by atoms with E-state index in [1.165, 1.54) is 13.2 Å². The summed E-state index contributed by atoms with van der Waals surface area (Å²) in [7, 11) is 1.44. The molecule has 2 rings (SSSR count). The summed E-state index contributed by atoms with van der Waals surface area (Å²) in [5.74, 6) is -0.471. The van der Waals surface area contributed by atoms with E-state index < -0.39 is 22.7 Å². The van der Waals surface area contributed by atoms with E-state index in [9.17, 15) is 22.8 Å². The maximum atomic E-state index is 12.9. The molecule has 0 radical (unpaired) electrons. The molecule has 0 saturated carbocycles. The first-order valence-electron chi connectivity index (χ1n) is 7.96. The average Bonchev–Trinajstić information content (AvgIpc) is 2.60. The number of nitrogens with one attached hydrogen (secondary N) is 1. The highest BCUT2D eigenvalue weighted by Crippen LogP contribution is 2.36.